The molecule has 0 radical (unpaired) electrons. The molecule has 1 aromatic carbocycles. The van der Waals surface area contributed by atoms with Crippen molar-refractivity contribution in [3.05, 3.63) is 41.1 Å². The number of anilines is 1. The molecular weight excluding hydrogens is 380 g/mol. The van der Waals surface area contributed by atoms with Crippen molar-refractivity contribution in [1.82, 2.24) is 15.5 Å². The van der Waals surface area contributed by atoms with Gasteiger partial charge in [0.15, 0.2) is 5.11 Å². The number of benzene rings is 1. The Kier molecular flexibility index (Phi) is 7.77. The smallest absolute Gasteiger partial charge is 0.338 e. The second kappa shape index (κ2) is 10.0. The summed E-state index contributed by atoms with van der Waals surface area (Å²) in [7, 11) is 3.34. The van der Waals surface area contributed by atoms with Crippen molar-refractivity contribution in [2.75, 3.05) is 39.2 Å². The first-order chi connectivity index (χ1) is 13.4. The molecule has 1 heterocycles. The normalized spacial score (nSPS) is 16.5. The van der Waals surface area contributed by atoms with Crippen molar-refractivity contribution in [2.24, 2.45) is 0 Å². The summed E-state index contributed by atoms with van der Waals surface area (Å²) in [6, 6.07) is 6.50. The third kappa shape index (κ3) is 5.20. The molecule has 0 fully saturated rings. The maximum atomic E-state index is 12.7. The second-order valence-electron chi connectivity index (χ2n) is 6.18. The average molecular weight is 407 g/mol. The largest absolute Gasteiger partial charge is 0.460 e. The van der Waals surface area contributed by atoms with Crippen molar-refractivity contribution in [3.63, 3.8) is 0 Å². The van der Waals surface area contributed by atoms with E-state index in [1.54, 1.807) is 31.2 Å². The molecule has 1 aliphatic rings. The zero-order valence-electron chi connectivity index (χ0n) is 16.5. The van der Waals surface area contributed by atoms with Crippen LogP contribution in [-0.2, 0) is 14.3 Å². The minimum Gasteiger partial charge on any atom is -0.460 e. The van der Waals surface area contributed by atoms with Crippen molar-refractivity contribution in [1.29, 1.82) is 0 Å². The number of thiocarbonyl (C=S) groups is 1. The first-order valence-corrected chi connectivity index (χ1v) is 9.35. The molecule has 2 rings (SSSR count). The number of amides is 2. The number of urea groups is 1. The molecule has 1 aliphatic heterocycles. The molecule has 152 valence electrons. The van der Waals surface area contributed by atoms with Crippen LogP contribution >= 0.6 is 12.2 Å². The molecule has 0 unspecified atom stereocenters. The van der Waals surface area contributed by atoms with Gasteiger partial charge in [-0.3, -0.25) is 0 Å². The lowest BCUT2D eigenvalue weighted by Gasteiger charge is -2.35. The van der Waals surface area contributed by atoms with Crippen LogP contribution in [0.1, 0.15) is 25.5 Å². The first kappa shape index (κ1) is 21.6. The highest BCUT2D eigenvalue weighted by Gasteiger charge is 2.33. The van der Waals surface area contributed by atoms with E-state index in [-0.39, 0.29) is 12.6 Å². The maximum Gasteiger partial charge on any atom is 0.338 e. The van der Waals surface area contributed by atoms with E-state index in [9.17, 15) is 9.59 Å². The van der Waals surface area contributed by atoms with E-state index in [0.717, 1.165) is 11.3 Å². The number of carbonyl (C=O) groups excluding carboxylic acids is 2. The lowest BCUT2D eigenvalue weighted by molar-refractivity contribution is -0.140. The molecule has 2 amide bonds. The molecule has 28 heavy (non-hydrogen) atoms. The van der Waals surface area contributed by atoms with Gasteiger partial charge in [-0.25, -0.2) is 9.59 Å². The van der Waals surface area contributed by atoms with Crippen LogP contribution in [0, 0.1) is 0 Å². The standard InChI is InChI=1S/C19H26N4O4S/c1-5-20-18(25)21-14-8-6-13(7-9-14)16-15(17(24)27-11-10-26-4)12(2)23(3)19(28)22-16/h6-9,16H,5,10-11H2,1-4H3,(H,22,28)(H2,20,21,25)/t16-/m0/s1. The highest BCUT2D eigenvalue weighted by molar-refractivity contribution is 7.80. The third-order valence-corrected chi connectivity index (χ3v) is 4.73. The Bertz CT molecular complexity index is 764. The number of hydrogen-bond donors (Lipinski definition) is 3. The Hall–Kier alpha value is -2.65. The Morgan fingerprint density at radius 1 is 1.25 bits per heavy atom. The molecule has 9 heteroatoms. The SMILES string of the molecule is CCNC(=O)Nc1ccc([C@@H]2NC(=S)N(C)C(C)=C2C(=O)OCCOC)cc1. The Balaban J connectivity index is 2.26. The molecule has 0 aromatic heterocycles. The lowest BCUT2D eigenvalue weighted by atomic mass is 9.95. The van der Waals surface area contributed by atoms with Gasteiger partial charge in [0, 0.05) is 32.1 Å². The van der Waals surface area contributed by atoms with Crippen LogP contribution in [0.3, 0.4) is 0 Å². The zero-order chi connectivity index (χ0) is 20.7. The van der Waals surface area contributed by atoms with Crippen LogP contribution in [0.15, 0.2) is 35.5 Å². The minimum atomic E-state index is -0.447. The second-order valence-corrected chi connectivity index (χ2v) is 6.56. The monoisotopic (exact) mass is 406 g/mol. The van der Waals surface area contributed by atoms with E-state index in [1.165, 1.54) is 0 Å². The van der Waals surface area contributed by atoms with E-state index in [4.69, 9.17) is 21.7 Å². The van der Waals surface area contributed by atoms with Gasteiger partial charge in [0.2, 0.25) is 0 Å². The van der Waals surface area contributed by atoms with Crippen molar-refractivity contribution in [2.45, 2.75) is 19.9 Å². The van der Waals surface area contributed by atoms with Crippen LogP contribution in [0.4, 0.5) is 10.5 Å². The van der Waals surface area contributed by atoms with E-state index >= 15 is 0 Å². The molecule has 8 nitrogen and oxygen atoms in total. The zero-order valence-corrected chi connectivity index (χ0v) is 17.3. The number of allylic oxidation sites excluding steroid dienone is 1. The third-order valence-electron chi connectivity index (χ3n) is 4.33. The first-order valence-electron chi connectivity index (χ1n) is 8.94. The van der Waals surface area contributed by atoms with Gasteiger partial charge in [-0.2, -0.15) is 0 Å². The number of nitrogens with zero attached hydrogens (tertiary/aromatic N) is 1. The van der Waals surface area contributed by atoms with Gasteiger partial charge in [0.1, 0.15) is 6.61 Å². The van der Waals surface area contributed by atoms with Gasteiger partial charge in [-0.05, 0) is 43.8 Å². The van der Waals surface area contributed by atoms with Gasteiger partial charge in [0.25, 0.3) is 0 Å². The maximum absolute atomic E-state index is 12.7. The molecular formula is C19H26N4O4S. The molecule has 3 N–H and O–H groups in total. The highest BCUT2D eigenvalue weighted by atomic mass is 32.1. The summed E-state index contributed by atoms with van der Waals surface area (Å²) >= 11 is 5.38. The molecule has 1 aromatic rings. The number of ether oxygens (including phenoxy) is 2. The number of esters is 1. The number of carbonyl (C=O) groups is 2. The van der Waals surface area contributed by atoms with Crippen LogP contribution < -0.4 is 16.0 Å². The summed E-state index contributed by atoms with van der Waals surface area (Å²) in [4.78, 5) is 26.1. The molecule has 1 atom stereocenters. The van der Waals surface area contributed by atoms with Crippen LogP contribution in [0.2, 0.25) is 0 Å². The van der Waals surface area contributed by atoms with Gasteiger partial charge in [-0.1, -0.05) is 12.1 Å². The van der Waals surface area contributed by atoms with Crippen molar-refractivity contribution < 1.29 is 19.1 Å². The summed E-state index contributed by atoms with van der Waals surface area (Å²) in [6.07, 6.45) is 0. The lowest BCUT2D eigenvalue weighted by Crippen LogP contribution is -2.46. The summed E-state index contributed by atoms with van der Waals surface area (Å²) in [5.41, 5.74) is 2.68. The van der Waals surface area contributed by atoms with E-state index in [2.05, 4.69) is 16.0 Å². The van der Waals surface area contributed by atoms with Crippen LogP contribution in [0.25, 0.3) is 0 Å². The fourth-order valence-corrected chi connectivity index (χ4v) is 2.99. The van der Waals surface area contributed by atoms with Crippen molar-refractivity contribution in [3.8, 4) is 0 Å². The number of hydrogen-bond acceptors (Lipinski definition) is 5. The summed E-state index contributed by atoms with van der Waals surface area (Å²) in [5.74, 6) is -0.425. The fourth-order valence-electron chi connectivity index (χ4n) is 2.74. The highest BCUT2D eigenvalue weighted by Crippen LogP contribution is 2.31. The van der Waals surface area contributed by atoms with Crippen molar-refractivity contribution >= 4 is 35.0 Å². The fraction of sp³-hybridized carbons (Fsp3) is 0.421. The van der Waals surface area contributed by atoms with Gasteiger partial charge in [-0.15, -0.1) is 0 Å². The molecule has 0 aliphatic carbocycles. The Morgan fingerprint density at radius 3 is 2.54 bits per heavy atom. The Labute approximate surface area is 170 Å². The topological polar surface area (TPSA) is 91.9 Å². The average Bonchev–Trinajstić information content (AvgIpc) is 2.66. The number of methoxy groups -OCH3 is 1. The number of rotatable bonds is 7. The van der Waals surface area contributed by atoms with Gasteiger partial charge < -0.3 is 30.3 Å². The minimum absolute atomic E-state index is 0.169. The quantitative estimate of drug-likeness (QED) is 0.363. The summed E-state index contributed by atoms with van der Waals surface area (Å²) < 4.78 is 10.3. The van der Waals surface area contributed by atoms with E-state index in [0.29, 0.717) is 29.5 Å². The predicted octanol–water partition coefficient (Wildman–Crippen LogP) is 2.15. The molecule has 0 spiro atoms. The van der Waals surface area contributed by atoms with Gasteiger partial charge >= 0.3 is 12.0 Å². The summed E-state index contributed by atoms with van der Waals surface area (Å²) in [6.45, 7) is 4.71. The van der Waals surface area contributed by atoms with Gasteiger partial charge in [0.05, 0.1) is 18.2 Å². The van der Waals surface area contributed by atoms with Crippen LogP contribution in [-0.4, -0.2) is 55.9 Å². The summed E-state index contributed by atoms with van der Waals surface area (Å²) in [5, 5.41) is 9.11. The van der Waals surface area contributed by atoms with Crippen LogP contribution in [0.5, 0.6) is 0 Å². The predicted molar refractivity (Wildman–Crippen MR) is 111 cm³/mol. The Morgan fingerprint density at radius 2 is 1.93 bits per heavy atom. The van der Waals surface area contributed by atoms with E-state index in [1.807, 2.05) is 26.0 Å². The van der Waals surface area contributed by atoms with E-state index < -0.39 is 12.0 Å². The molecule has 0 saturated carbocycles. The molecule has 0 saturated heterocycles. The number of nitrogens with one attached hydrogen (secondary N) is 3. The molecule has 0 bridgehead atoms.